The molecular weight excluding hydrogens is 266 g/mol. The molecular formula is C12H18BrN3. The highest BCUT2D eigenvalue weighted by atomic mass is 79.9. The molecule has 1 aromatic rings. The van der Waals surface area contributed by atoms with Crippen molar-refractivity contribution in [2.75, 3.05) is 31.6 Å². The fourth-order valence-corrected chi connectivity index (χ4v) is 2.55. The largest absolute Gasteiger partial charge is 0.354 e. The molecule has 2 rings (SSSR count). The van der Waals surface area contributed by atoms with Crippen molar-refractivity contribution < 1.29 is 0 Å². The molecule has 0 aliphatic carbocycles. The van der Waals surface area contributed by atoms with Crippen LogP contribution in [0.5, 0.6) is 0 Å². The van der Waals surface area contributed by atoms with Crippen molar-refractivity contribution in [3.8, 4) is 0 Å². The lowest BCUT2D eigenvalue weighted by Crippen LogP contribution is -2.50. The smallest absolute Gasteiger partial charge is 0.131 e. The molecule has 0 saturated carbocycles. The summed E-state index contributed by atoms with van der Waals surface area (Å²) < 4.78 is 1.05. The number of anilines is 1. The lowest BCUT2D eigenvalue weighted by Gasteiger charge is -2.38. The molecule has 3 nitrogen and oxygen atoms in total. The Morgan fingerprint density at radius 1 is 1.44 bits per heavy atom. The first-order valence-corrected chi connectivity index (χ1v) is 6.44. The van der Waals surface area contributed by atoms with Crippen molar-refractivity contribution in [2.24, 2.45) is 0 Å². The number of aryl methyl sites for hydroxylation is 1. The predicted molar refractivity (Wildman–Crippen MR) is 71.0 cm³/mol. The lowest BCUT2D eigenvalue weighted by molar-refractivity contribution is 0.233. The summed E-state index contributed by atoms with van der Waals surface area (Å²) in [5.41, 5.74) is 1.24. The van der Waals surface area contributed by atoms with Crippen LogP contribution in [-0.2, 0) is 0 Å². The molecule has 1 saturated heterocycles. The van der Waals surface area contributed by atoms with Gasteiger partial charge in [0.15, 0.2) is 0 Å². The predicted octanol–water partition coefficient (Wildman–Crippen LogP) is 2.29. The Balaban J connectivity index is 2.18. The summed E-state index contributed by atoms with van der Waals surface area (Å²) in [6.07, 6.45) is 1.88. The van der Waals surface area contributed by atoms with Gasteiger partial charge in [-0.25, -0.2) is 4.98 Å². The Morgan fingerprint density at radius 3 is 2.81 bits per heavy atom. The summed E-state index contributed by atoms with van der Waals surface area (Å²) in [6, 6.07) is 2.73. The van der Waals surface area contributed by atoms with E-state index in [9.17, 15) is 0 Å². The monoisotopic (exact) mass is 283 g/mol. The SMILES string of the molecule is Cc1cc(Br)cnc1N1CCN(C)C(C)C1. The molecule has 1 aliphatic heterocycles. The number of hydrogen-bond donors (Lipinski definition) is 0. The summed E-state index contributed by atoms with van der Waals surface area (Å²) in [7, 11) is 2.18. The van der Waals surface area contributed by atoms with Crippen LogP contribution < -0.4 is 4.90 Å². The molecule has 1 unspecified atom stereocenters. The number of piperazine rings is 1. The van der Waals surface area contributed by atoms with Gasteiger partial charge in [0, 0.05) is 36.3 Å². The maximum Gasteiger partial charge on any atom is 0.131 e. The molecule has 0 bridgehead atoms. The molecule has 0 radical (unpaired) electrons. The first kappa shape index (κ1) is 11.9. The van der Waals surface area contributed by atoms with Crippen LogP contribution in [0.2, 0.25) is 0 Å². The topological polar surface area (TPSA) is 19.4 Å². The fourth-order valence-electron chi connectivity index (χ4n) is 2.11. The lowest BCUT2D eigenvalue weighted by atomic mass is 10.2. The molecule has 4 heteroatoms. The Bertz CT molecular complexity index is 381. The van der Waals surface area contributed by atoms with Gasteiger partial charge in [-0.3, -0.25) is 0 Å². The average Bonchev–Trinajstić information content (AvgIpc) is 2.22. The number of pyridine rings is 1. The molecule has 2 heterocycles. The number of hydrogen-bond acceptors (Lipinski definition) is 3. The minimum Gasteiger partial charge on any atom is -0.354 e. The van der Waals surface area contributed by atoms with Gasteiger partial charge in [-0.1, -0.05) is 0 Å². The summed E-state index contributed by atoms with van der Waals surface area (Å²) >= 11 is 3.45. The van der Waals surface area contributed by atoms with Gasteiger partial charge in [-0.15, -0.1) is 0 Å². The molecule has 0 N–H and O–H groups in total. The number of nitrogens with zero attached hydrogens (tertiary/aromatic N) is 3. The molecule has 0 spiro atoms. The van der Waals surface area contributed by atoms with E-state index in [0.29, 0.717) is 6.04 Å². The van der Waals surface area contributed by atoms with Crippen LogP contribution in [0, 0.1) is 6.92 Å². The van der Waals surface area contributed by atoms with Crippen LogP contribution in [0.3, 0.4) is 0 Å². The van der Waals surface area contributed by atoms with E-state index in [4.69, 9.17) is 0 Å². The van der Waals surface area contributed by atoms with E-state index < -0.39 is 0 Å². The quantitative estimate of drug-likeness (QED) is 0.789. The van der Waals surface area contributed by atoms with Crippen LogP contribution >= 0.6 is 15.9 Å². The first-order valence-electron chi connectivity index (χ1n) is 5.65. The molecule has 0 amide bonds. The number of rotatable bonds is 1. The van der Waals surface area contributed by atoms with Crippen LogP contribution in [0.1, 0.15) is 12.5 Å². The zero-order chi connectivity index (χ0) is 11.7. The molecule has 1 aliphatic rings. The summed E-state index contributed by atoms with van der Waals surface area (Å²) in [4.78, 5) is 9.30. The second kappa shape index (κ2) is 4.72. The van der Waals surface area contributed by atoms with E-state index in [-0.39, 0.29) is 0 Å². The number of likely N-dealkylation sites (N-methyl/N-ethyl adjacent to an activating group) is 1. The van der Waals surface area contributed by atoms with Crippen molar-refractivity contribution in [2.45, 2.75) is 19.9 Å². The molecule has 88 valence electrons. The second-order valence-electron chi connectivity index (χ2n) is 4.57. The summed E-state index contributed by atoms with van der Waals surface area (Å²) in [5.74, 6) is 1.13. The van der Waals surface area contributed by atoms with Gasteiger partial charge in [-0.2, -0.15) is 0 Å². The molecule has 0 aromatic carbocycles. The number of aromatic nitrogens is 1. The zero-order valence-corrected chi connectivity index (χ0v) is 11.7. The van der Waals surface area contributed by atoms with E-state index in [1.54, 1.807) is 0 Å². The van der Waals surface area contributed by atoms with Crippen molar-refractivity contribution >= 4 is 21.7 Å². The Kier molecular flexibility index (Phi) is 3.50. The third-order valence-electron chi connectivity index (χ3n) is 3.28. The Morgan fingerprint density at radius 2 is 2.19 bits per heavy atom. The number of halogens is 1. The van der Waals surface area contributed by atoms with E-state index in [1.807, 2.05) is 6.20 Å². The molecule has 16 heavy (non-hydrogen) atoms. The highest BCUT2D eigenvalue weighted by Gasteiger charge is 2.22. The normalized spacial score (nSPS) is 22.5. The maximum absolute atomic E-state index is 4.52. The molecule has 1 aromatic heterocycles. The van der Waals surface area contributed by atoms with Crippen molar-refractivity contribution in [3.63, 3.8) is 0 Å². The first-order chi connectivity index (χ1) is 7.58. The van der Waals surface area contributed by atoms with Gasteiger partial charge in [0.2, 0.25) is 0 Å². The van der Waals surface area contributed by atoms with Gasteiger partial charge in [0.05, 0.1) is 0 Å². The zero-order valence-electron chi connectivity index (χ0n) is 10.1. The van der Waals surface area contributed by atoms with Gasteiger partial charge >= 0.3 is 0 Å². The highest BCUT2D eigenvalue weighted by molar-refractivity contribution is 9.10. The van der Waals surface area contributed by atoms with Crippen molar-refractivity contribution in [1.29, 1.82) is 0 Å². The van der Waals surface area contributed by atoms with Gasteiger partial charge in [0.1, 0.15) is 5.82 Å². The van der Waals surface area contributed by atoms with E-state index in [0.717, 1.165) is 29.9 Å². The van der Waals surface area contributed by atoms with Crippen molar-refractivity contribution in [3.05, 3.63) is 22.3 Å². The van der Waals surface area contributed by atoms with Gasteiger partial charge in [0.25, 0.3) is 0 Å². The molecule has 1 fully saturated rings. The van der Waals surface area contributed by atoms with Crippen molar-refractivity contribution in [1.82, 2.24) is 9.88 Å². The van der Waals surface area contributed by atoms with E-state index in [1.165, 1.54) is 5.56 Å². The average molecular weight is 284 g/mol. The van der Waals surface area contributed by atoms with Crippen LogP contribution in [0.4, 0.5) is 5.82 Å². The Labute approximate surface area is 106 Å². The van der Waals surface area contributed by atoms with Crippen LogP contribution in [0.15, 0.2) is 16.7 Å². The third kappa shape index (κ3) is 2.38. The summed E-state index contributed by atoms with van der Waals surface area (Å²) in [6.45, 7) is 7.62. The third-order valence-corrected chi connectivity index (χ3v) is 3.71. The van der Waals surface area contributed by atoms with E-state index >= 15 is 0 Å². The van der Waals surface area contributed by atoms with Gasteiger partial charge in [-0.05, 0) is 48.5 Å². The van der Waals surface area contributed by atoms with Gasteiger partial charge < -0.3 is 9.80 Å². The standard InChI is InChI=1S/C12H18BrN3/c1-9-6-11(13)7-14-12(9)16-5-4-15(3)10(2)8-16/h6-7,10H,4-5,8H2,1-3H3. The van der Waals surface area contributed by atoms with Crippen LogP contribution in [-0.4, -0.2) is 42.6 Å². The minimum atomic E-state index is 0.596. The second-order valence-corrected chi connectivity index (χ2v) is 5.49. The fraction of sp³-hybridized carbons (Fsp3) is 0.583. The minimum absolute atomic E-state index is 0.596. The van der Waals surface area contributed by atoms with E-state index in [2.05, 4.69) is 57.7 Å². The maximum atomic E-state index is 4.52. The van der Waals surface area contributed by atoms with Crippen LogP contribution in [0.25, 0.3) is 0 Å². The highest BCUT2D eigenvalue weighted by Crippen LogP contribution is 2.22. The summed E-state index contributed by atoms with van der Waals surface area (Å²) in [5, 5.41) is 0. The Hall–Kier alpha value is -0.610. The molecule has 1 atom stereocenters.